The number of hydrogen-bond donors (Lipinski definition) is 1. The van der Waals surface area contributed by atoms with Crippen LogP contribution >= 0.6 is 11.3 Å². The van der Waals surface area contributed by atoms with Crippen LogP contribution in [0.4, 0.5) is 5.82 Å². The lowest BCUT2D eigenvalue weighted by atomic mass is 10.0. The third kappa shape index (κ3) is 2.77. The first kappa shape index (κ1) is 13.7. The Bertz CT molecular complexity index is 579. The zero-order valence-electron chi connectivity index (χ0n) is 11.8. The molecule has 1 aliphatic heterocycles. The molecule has 0 radical (unpaired) electrons. The molecule has 6 heteroatoms. The van der Waals surface area contributed by atoms with Crippen LogP contribution in [0.3, 0.4) is 0 Å². The lowest BCUT2D eigenvalue weighted by Gasteiger charge is -2.30. The molecular formula is C14H19N3O2S. The smallest absolute Gasteiger partial charge is 0.138 e. The summed E-state index contributed by atoms with van der Waals surface area (Å²) in [5.41, 5.74) is -0.249. The Labute approximate surface area is 122 Å². The summed E-state index contributed by atoms with van der Waals surface area (Å²) in [4.78, 5) is 9.60. The number of nitrogens with zero attached hydrogens (tertiary/aromatic N) is 2. The van der Waals surface area contributed by atoms with Gasteiger partial charge in [-0.2, -0.15) is 0 Å². The molecule has 1 atom stereocenters. The van der Waals surface area contributed by atoms with Gasteiger partial charge in [0.15, 0.2) is 0 Å². The normalized spacial score (nSPS) is 22.8. The van der Waals surface area contributed by atoms with E-state index in [4.69, 9.17) is 9.47 Å². The molecule has 1 aliphatic rings. The second-order valence-corrected chi connectivity index (χ2v) is 6.26. The highest BCUT2D eigenvalue weighted by Crippen LogP contribution is 2.28. The molecule has 0 amide bonds. The van der Waals surface area contributed by atoms with Crippen molar-refractivity contribution in [3.8, 4) is 0 Å². The highest BCUT2D eigenvalue weighted by molar-refractivity contribution is 7.16. The van der Waals surface area contributed by atoms with Crippen LogP contribution in [0, 0.1) is 0 Å². The van der Waals surface area contributed by atoms with E-state index in [2.05, 4.69) is 29.1 Å². The van der Waals surface area contributed by atoms with Crippen molar-refractivity contribution in [2.75, 3.05) is 25.1 Å². The molecule has 0 aliphatic carbocycles. The predicted molar refractivity (Wildman–Crippen MR) is 80.3 cm³/mol. The fourth-order valence-corrected chi connectivity index (χ4v) is 3.27. The van der Waals surface area contributed by atoms with Gasteiger partial charge in [0.1, 0.15) is 22.6 Å². The lowest BCUT2D eigenvalue weighted by Crippen LogP contribution is -2.42. The highest BCUT2D eigenvalue weighted by atomic mass is 32.1. The van der Waals surface area contributed by atoms with Gasteiger partial charge in [0, 0.05) is 19.6 Å². The second-order valence-electron chi connectivity index (χ2n) is 5.37. The van der Waals surface area contributed by atoms with E-state index in [-0.39, 0.29) is 11.7 Å². The Morgan fingerprint density at radius 2 is 2.40 bits per heavy atom. The first-order valence-electron chi connectivity index (χ1n) is 6.86. The van der Waals surface area contributed by atoms with Crippen LogP contribution in [0.5, 0.6) is 0 Å². The molecule has 3 rings (SSSR count). The van der Waals surface area contributed by atoms with Crippen LogP contribution in [0.2, 0.25) is 0 Å². The Hall–Kier alpha value is -1.24. The number of aromatic nitrogens is 2. The molecule has 108 valence electrons. The average Bonchev–Trinajstić information content (AvgIpc) is 3.05. The number of thiophene rings is 1. The van der Waals surface area contributed by atoms with E-state index in [1.165, 1.54) is 0 Å². The van der Waals surface area contributed by atoms with Crippen molar-refractivity contribution in [3.05, 3.63) is 17.8 Å². The summed E-state index contributed by atoms with van der Waals surface area (Å²) >= 11 is 1.62. The Morgan fingerprint density at radius 1 is 1.50 bits per heavy atom. The van der Waals surface area contributed by atoms with Crippen LogP contribution in [-0.4, -0.2) is 41.4 Å². The van der Waals surface area contributed by atoms with E-state index in [1.807, 2.05) is 11.4 Å². The molecule has 2 aromatic heterocycles. The van der Waals surface area contributed by atoms with Gasteiger partial charge < -0.3 is 14.8 Å². The van der Waals surface area contributed by atoms with Crippen molar-refractivity contribution < 1.29 is 9.47 Å². The predicted octanol–water partition coefficient (Wildman–Crippen LogP) is 2.69. The molecule has 1 N–H and O–H groups in total. The molecule has 2 aromatic rings. The maximum atomic E-state index is 6.09. The van der Waals surface area contributed by atoms with Crippen molar-refractivity contribution in [2.45, 2.75) is 32.0 Å². The Kier molecular flexibility index (Phi) is 3.87. The number of nitrogens with one attached hydrogen (secondary N) is 1. The molecule has 1 unspecified atom stereocenters. The number of rotatable bonds is 5. The van der Waals surface area contributed by atoms with Crippen molar-refractivity contribution in [1.29, 1.82) is 0 Å². The Morgan fingerprint density at radius 3 is 3.15 bits per heavy atom. The molecule has 0 aromatic carbocycles. The topological polar surface area (TPSA) is 56.3 Å². The molecule has 0 saturated carbocycles. The number of anilines is 1. The number of fused-ring (bicyclic) bond motifs is 1. The minimum absolute atomic E-state index is 0.185. The highest BCUT2D eigenvalue weighted by Gasteiger charge is 2.37. The fourth-order valence-electron chi connectivity index (χ4n) is 2.54. The third-order valence-electron chi connectivity index (χ3n) is 3.39. The second kappa shape index (κ2) is 5.63. The third-order valence-corrected chi connectivity index (χ3v) is 4.21. The van der Waals surface area contributed by atoms with Crippen LogP contribution in [0.1, 0.15) is 20.3 Å². The summed E-state index contributed by atoms with van der Waals surface area (Å²) in [6.45, 7) is 6.21. The minimum atomic E-state index is -0.249. The van der Waals surface area contributed by atoms with Gasteiger partial charge in [-0.15, -0.1) is 11.3 Å². The van der Waals surface area contributed by atoms with Crippen LogP contribution < -0.4 is 5.32 Å². The average molecular weight is 293 g/mol. The minimum Gasteiger partial charge on any atom is -0.378 e. The van der Waals surface area contributed by atoms with Gasteiger partial charge >= 0.3 is 0 Å². The van der Waals surface area contributed by atoms with Gasteiger partial charge in [0.2, 0.25) is 0 Å². The van der Waals surface area contributed by atoms with Crippen LogP contribution in [0.15, 0.2) is 17.8 Å². The largest absolute Gasteiger partial charge is 0.378 e. The van der Waals surface area contributed by atoms with Gasteiger partial charge in [-0.05, 0) is 25.3 Å². The fraction of sp³-hybridized carbons (Fsp3) is 0.571. The van der Waals surface area contributed by atoms with E-state index in [0.717, 1.165) is 29.1 Å². The number of ether oxygens (including phenoxy) is 2. The standard InChI is InChI=1S/C14H19N3O2S/c1-10(2)19-14(4-5-18-8-14)7-15-12-11-3-6-20-13(11)17-9-16-12/h3,6,9-10H,4-5,7-8H2,1-2H3,(H,15,16,17). The molecular weight excluding hydrogens is 274 g/mol. The zero-order chi connectivity index (χ0) is 14.0. The SMILES string of the molecule is CC(C)OC1(CNc2ncnc3sccc23)CCOC1. The summed E-state index contributed by atoms with van der Waals surface area (Å²) in [6, 6.07) is 2.05. The summed E-state index contributed by atoms with van der Waals surface area (Å²) in [5.74, 6) is 0.870. The van der Waals surface area contributed by atoms with E-state index in [0.29, 0.717) is 13.2 Å². The van der Waals surface area contributed by atoms with Crippen molar-refractivity contribution in [3.63, 3.8) is 0 Å². The van der Waals surface area contributed by atoms with Gasteiger partial charge in [-0.3, -0.25) is 0 Å². The molecule has 20 heavy (non-hydrogen) atoms. The molecule has 0 bridgehead atoms. The summed E-state index contributed by atoms with van der Waals surface area (Å²) < 4.78 is 11.6. The van der Waals surface area contributed by atoms with Gasteiger partial charge in [-0.25, -0.2) is 9.97 Å². The van der Waals surface area contributed by atoms with Crippen molar-refractivity contribution in [2.24, 2.45) is 0 Å². The molecule has 1 fully saturated rings. The van der Waals surface area contributed by atoms with E-state index in [9.17, 15) is 0 Å². The Balaban J connectivity index is 1.75. The number of hydrogen-bond acceptors (Lipinski definition) is 6. The quantitative estimate of drug-likeness (QED) is 0.918. The molecule has 5 nitrogen and oxygen atoms in total. The van der Waals surface area contributed by atoms with E-state index >= 15 is 0 Å². The summed E-state index contributed by atoms with van der Waals surface area (Å²) in [6.07, 6.45) is 2.70. The van der Waals surface area contributed by atoms with Crippen LogP contribution in [-0.2, 0) is 9.47 Å². The lowest BCUT2D eigenvalue weighted by molar-refractivity contribution is -0.0729. The first-order chi connectivity index (χ1) is 9.69. The van der Waals surface area contributed by atoms with Crippen molar-refractivity contribution in [1.82, 2.24) is 9.97 Å². The van der Waals surface area contributed by atoms with E-state index < -0.39 is 0 Å². The van der Waals surface area contributed by atoms with Gasteiger partial charge in [-0.1, -0.05) is 0 Å². The van der Waals surface area contributed by atoms with Gasteiger partial charge in [0.25, 0.3) is 0 Å². The molecule has 1 saturated heterocycles. The van der Waals surface area contributed by atoms with Crippen LogP contribution in [0.25, 0.3) is 10.2 Å². The maximum Gasteiger partial charge on any atom is 0.138 e. The van der Waals surface area contributed by atoms with E-state index in [1.54, 1.807) is 17.7 Å². The monoisotopic (exact) mass is 293 g/mol. The summed E-state index contributed by atoms with van der Waals surface area (Å²) in [7, 11) is 0. The summed E-state index contributed by atoms with van der Waals surface area (Å²) in [5, 5.41) is 6.51. The maximum absolute atomic E-state index is 6.09. The molecule has 3 heterocycles. The first-order valence-corrected chi connectivity index (χ1v) is 7.74. The van der Waals surface area contributed by atoms with Crippen molar-refractivity contribution >= 4 is 27.4 Å². The molecule has 0 spiro atoms. The van der Waals surface area contributed by atoms with Gasteiger partial charge in [0.05, 0.1) is 18.1 Å². The zero-order valence-corrected chi connectivity index (χ0v) is 12.6.